The second-order valence-corrected chi connectivity index (χ2v) is 4.63. The highest BCUT2D eigenvalue weighted by Crippen LogP contribution is 2.26. The molecule has 0 bridgehead atoms. The first kappa shape index (κ1) is 13.5. The van der Waals surface area contributed by atoms with Crippen molar-refractivity contribution in [1.29, 1.82) is 0 Å². The number of ether oxygens (including phenoxy) is 1. The number of primary amides is 1. The molecule has 0 fully saturated rings. The van der Waals surface area contributed by atoms with Gasteiger partial charge in [-0.05, 0) is 11.4 Å². The van der Waals surface area contributed by atoms with Crippen molar-refractivity contribution in [3.63, 3.8) is 0 Å². The van der Waals surface area contributed by atoms with Gasteiger partial charge >= 0.3 is 0 Å². The number of hydrogen-bond donors (Lipinski definition) is 3. The molecule has 0 saturated carbocycles. The number of fused-ring (bicyclic) bond motifs is 1. The van der Waals surface area contributed by atoms with Crippen LogP contribution in [0, 0.1) is 0 Å². The maximum atomic E-state index is 10.5. The molecule has 0 aliphatic heterocycles. The Balaban J connectivity index is 1.99. The lowest BCUT2D eigenvalue weighted by atomic mass is 10.4. The first-order chi connectivity index (χ1) is 9.20. The number of carbonyl (C=O) groups is 1. The van der Waals surface area contributed by atoms with E-state index in [1.54, 1.807) is 18.4 Å². The lowest BCUT2D eigenvalue weighted by Crippen LogP contribution is -2.20. The van der Waals surface area contributed by atoms with Crippen LogP contribution in [0.5, 0.6) is 0 Å². The summed E-state index contributed by atoms with van der Waals surface area (Å²) >= 11 is 1.56. The topological polar surface area (TPSA) is 102 Å². The van der Waals surface area contributed by atoms with E-state index in [4.69, 9.17) is 10.5 Å². The highest BCUT2D eigenvalue weighted by atomic mass is 32.1. The van der Waals surface area contributed by atoms with Crippen LogP contribution in [-0.2, 0) is 9.53 Å². The summed E-state index contributed by atoms with van der Waals surface area (Å²) in [6.07, 6.45) is 0. The van der Waals surface area contributed by atoms with Gasteiger partial charge in [-0.2, -0.15) is 4.98 Å². The third-order valence-corrected chi connectivity index (χ3v) is 3.14. The third kappa shape index (κ3) is 3.52. The molecule has 0 aromatic carbocycles. The van der Waals surface area contributed by atoms with Gasteiger partial charge in [0.1, 0.15) is 17.3 Å². The molecule has 0 aliphatic carbocycles. The lowest BCUT2D eigenvalue weighted by Gasteiger charge is -2.08. The molecule has 2 rings (SSSR count). The molecule has 8 heteroatoms. The van der Waals surface area contributed by atoms with Gasteiger partial charge in [0.05, 0.1) is 12.0 Å². The number of carbonyl (C=O) groups excluding carboxylic acids is 1. The van der Waals surface area contributed by atoms with E-state index in [0.717, 1.165) is 16.0 Å². The second kappa shape index (κ2) is 6.30. The Labute approximate surface area is 114 Å². The molecule has 0 aliphatic rings. The van der Waals surface area contributed by atoms with Gasteiger partial charge in [-0.1, -0.05) is 0 Å². The van der Waals surface area contributed by atoms with E-state index >= 15 is 0 Å². The summed E-state index contributed by atoms with van der Waals surface area (Å²) in [7, 11) is 1.77. The summed E-state index contributed by atoms with van der Waals surface area (Å²) in [5.41, 5.74) is 4.97. The minimum Gasteiger partial charge on any atom is -0.370 e. The monoisotopic (exact) mass is 281 g/mol. The zero-order chi connectivity index (χ0) is 13.7. The molecule has 0 radical (unpaired) electrons. The zero-order valence-corrected chi connectivity index (χ0v) is 11.3. The SMILES string of the molecule is CNc1nc(NCCOCC(N)=O)c2ccsc2n1. The molecule has 2 heterocycles. The molecule has 2 aromatic heterocycles. The number of nitrogens with one attached hydrogen (secondary N) is 2. The number of thiophene rings is 1. The van der Waals surface area contributed by atoms with Crippen molar-refractivity contribution in [3.8, 4) is 0 Å². The molecule has 0 unspecified atom stereocenters. The van der Waals surface area contributed by atoms with E-state index in [2.05, 4.69) is 20.6 Å². The van der Waals surface area contributed by atoms with Gasteiger partial charge in [0, 0.05) is 13.6 Å². The Hall–Kier alpha value is -1.93. The Morgan fingerprint density at radius 2 is 2.37 bits per heavy atom. The maximum Gasteiger partial charge on any atom is 0.243 e. The van der Waals surface area contributed by atoms with Crippen molar-refractivity contribution >= 4 is 39.2 Å². The molecule has 0 spiro atoms. The smallest absolute Gasteiger partial charge is 0.243 e. The van der Waals surface area contributed by atoms with Crippen LogP contribution in [0.4, 0.5) is 11.8 Å². The van der Waals surface area contributed by atoms with Crippen molar-refractivity contribution in [2.45, 2.75) is 0 Å². The summed E-state index contributed by atoms with van der Waals surface area (Å²) in [5, 5.41) is 9.02. The van der Waals surface area contributed by atoms with Gasteiger partial charge in [0.2, 0.25) is 11.9 Å². The molecule has 4 N–H and O–H groups in total. The molecule has 102 valence electrons. The van der Waals surface area contributed by atoms with Crippen LogP contribution in [-0.4, -0.2) is 42.7 Å². The Bertz CT molecular complexity index is 571. The summed E-state index contributed by atoms with van der Waals surface area (Å²) in [6.45, 7) is 0.854. The number of rotatable bonds is 7. The van der Waals surface area contributed by atoms with Gasteiger partial charge in [-0.25, -0.2) is 4.98 Å². The maximum absolute atomic E-state index is 10.5. The second-order valence-electron chi connectivity index (χ2n) is 3.73. The quantitative estimate of drug-likeness (QED) is 0.644. The number of nitrogens with zero attached hydrogens (tertiary/aromatic N) is 2. The largest absolute Gasteiger partial charge is 0.370 e. The highest BCUT2D eigenvalue weighted by Gasteiger charge is 2.07. The summed E-state index contributed by atoms with van der Waals surface area (Å²) < 4.78 is 5.07. The third-order valence-electron chi connectivity index (χ3n) is 2.33. The van der Waals surface area contributed by atoms with Crippen molar-refractivity contribution in [1.82, 2.24) is 9.97 Å². The van der Waals surface area contributed by atoms with E-state index < -0.39 is 5.91 Å². The predicted molar refractivity (Wildman–Crippen MR) is 75.5 cm³/mol. The molecule has 0 atom stereocenters. The Kier molecular flexibility index (Phi) is 4.48. The van der Waals surface area contributed by atoms with Crippen molar-refractivity contribution in [3.05, 3.63) is 11.4 Å². The first-order valence-corrected chi connectivity index (χ1v) is 6.61. The minimum atomic E-state index is -0.472. The number of aromatic nitrogens is 2. The van der Waals surface area contributed by atoms with Crippen LogP contribution >= 0.6 is 11.3 Å². The van der Waals surface area contributed by atoms with Crippen LogP contribution in [0.15, 0.2) is 11.4 Å². The average Bonchev–Trinajstić information content (AvgIpc) is 2.85. The fourth-order valence-electron chi connectivity index (χ4n) is 1.52. The van der Waals surface area contributed by atoms with E-state index in [9.17, 15) is 4.79 Å². The fourth-order valence-corrected chi connectivity index (χ4v) is 2.28. The molecule has 19 heavy (non-hydrogen) atoms. The van der Waals surface area contributed by atoms with Crippen LogP contribution < -0.4 is 16.4 Å². The molecule has 1 amide bonds. The van der Waals surface area contributed by atoms with Gasteiger partial charge < -0.3 is 21.1 Å². The number of hydrogen-bond acceptors (Lipinski definition) is 7. The molecule has 2 aromatic rings. The van der Waals surface area contributed by atoms with E-state index in [1.807, 2.05) is 11.4 Å². The molecular weight excluding hydrogens is 266 g/mol. The normalized spacial score (nSPS) is 10.6. The fraction of sp³-hybridized carbons (Fsp3) is 0.364. The Morgan fingerprint density at radius 3 is 3.11 bits per heavy atom. The summed E-state index contributed by atoms with van der Waals surface area (Å²) in [5.74, 6) is 0.841. The minimum absolute atomic E-state index is 0.0684. The van der Waals surface area contributed by atoms with Crippen molar-refractivity contribution in [2.24, 2.45) is 5.73 Å². The number of nitrogens with two attached hydrogens (primary N) is 1. The molecular formula is C11H15N5O2S. The zero-order valence-electron chi connectivity index (χ0n) is 10.5. The van der Waals surface area contributed by atoms with Gasteiger partial charge in [-0.3, -0.25) is 4.79 Å². The standard InChI is InChI=1S/C11H15N5O2S/c1-13-11-15-9(7-2-5-19-10(7)16-11)14-3-4-18-6-8(12)17/h2,5H,3-4,6H2,1H3,(H2,12,17)(H2,13,14,15,16). The van der Waals surface area contributed by atoms with Crippen molar-refractivity contribution < 1.29 is 9.53 Å². The van der Waals surface area contributed by atoms with Crippen molar-refractivity contribution in [2.75, 3.05) is 37.4 Å². The van der Waals surface area contributed by atoms with Crippen LogP contribution in [0.2, 0.25) is 0 Å². The van der Waals surface area contributed by atoms with Crippen LogP contribution in [0.1, 0.15) is 0 Å². The van der Waals surface area contributed by atoms with E-state index in [-0.39, 0.29) is 6.61 Å². The van der Waals surface area contributed by atoms with E-state index in [0.29, 0.717) is 19.1 Å². The highest BCUT2D eigenvalue weighted by molar-refractivity contribution is 7.16. The number of anilines is 2. The first-order valence-electron chi connectivity index (χ1n) is 5.73. The summed E-state index contributed by atoms with van der Waals surface area (Å²) in [6, 6.07) is 1.96. The van der Waals surface area contributed by atoms with Crippen LogP contribution in [0.25, 0.3) is 10.2 Å². The van der Waals surface area contributed by atoms with Gasteiger partial charge in [0.15, 0.2) is 0 Å². The van der Waals surface area contributed by atoms with Crippen LogP contribution in [0.3, 0.4) is 0 Å². The van der Waals surface area contributed by atoms with Gasteiger partial charge in [0.25, 0.3) is 0 Å². The molecule has 7 nitrogen and oxygen atoms in total. The average molecular weight is 281 g/mol. The lowest BCUT2D eigenvalue weighted by molar-refractivity contribution is -0.122. The molecule has 0 saturated heterocycles. The summed E-state index contributed by atoms with van der Waals surface area (Å²) in [4.78, 5) is 20.1. The van der Waals surface area contributed by atoms with Gasteiger partial charge in [-0.15, -0.1) is 11.3 Å². The predicted octanol–water partition coefficient (Wildman–Crippen LogP) is 0.647. The Morgan fingerprint density at radius 1 is 1.53 bits per heavy atom. The van der Waals surface area contributed by atoms with E-state index in [1.165, 1.54) is 0 Å². The number of amides is 1.